The quantitative estimate of drug-likeness (QED) is 0.642. The van der Waals surface area contributed by atoms with Gasteiger partial charge < -0.3 is 11.1 Å². The van der Waals surface area contributed by atoms with Crippen LogP contribution in [0, 0.1) is 5.92 Å². The Morgan fingerprint density at radius 2 is 2.09 bits per heavy atom. The molecule has 0 amide bonds. The van der Waals surface area contributed by atoms with E-state index in [1.54, 1.807) is 0 Å². The second kappa shape index (κ2) is 4.73. The predicted molar refractivity (Wildman–Crippen MR) is 48.5 cm³/mol. The fourth-order valence-electron chi connectivity index (χ4n) is 1.82. The fourth-order valence-corrected chi connectivity index (χ4v) is 1.82. The Labute approximate surface area is 69.5 Å². The van der Waals surface area contributed by atoms with Gasteiger partial charge >= 0.3 is 0 Å². The Morgan fingerprint density at radius 1 is 1.36 bits per heavy atom. The molecule has 0 saturated heterocycles. The van der Waals surface area contributed by atoms with Crippen LogP contribution in [-0.4, -0.2) is 19.1 Å². The molecule has 2 unspecified atom stereocenters. The van der Waals surface area contributed by atoms with Crippen LogP contribution in [-0.2, 0) is 0 Å². The van der Waals surface area contributed by atoms with Gasteiger partial charge in [-0.05, 0) is 31.8 Å². The Morgan fingerprint density at radius 3 is 2.73 bits per heavy atom. The van der Waals surface area contributed by atoms with Crippen LogP contribution in [0.15, 0.2) is 0 Å². The van der Waals surface area contributed by atoms with Crippen molar-refractivity contribution in [2.24, 2.45) is 11.7 Å². The van der Waals surface area contributed by atoms with E-state index in [4.69, 9.17) is 5.73 Å². The summed E-state index contributed by atoms with van der Waals surface area (Å²) in [4.78, 5) is 0. The molecule has 1 aliphatic carbocycles. The number of nitrogens with two attached hydrogens (primary N) is 1. The highest BCUT2D eigenvalue weighted by Crippen LogP contribution is 2.21. The second-order valence-corrected chi connectivity index (χ2v) is 3.52. The molecule has 0 aromatic rings. The molecule has 0 radical (unpaired) electrons. The maximum absolute atomic E-state index is 5.98. The average molecular weight is 156 g/mol. The predicted octanol–water partition coefficient (Wildman–Crippen LogP) is 1.11. The van der Waals surface area contributed by atoms with Gasteiger partial charge in [-0.25, -0.2) is 0 Å². The van der Waals surface area contributed by atoms with Crippen molar-refractivity contribution >= 4 is 0 Å². The van der Waals surface area contributed by atoms with Crippen molar-refractivity contribution in [3.8, 4) is 0 Å². The van der Waals surface area contributed by atoms with Gasteiger partial charge in [0.25, 0.3) is 0 Å². The van der Waals surface area contributed by atoms with Crippen molar-refractivity contribution in [2.45, 2.75) is 38.6 Å². The van der Waals surface area contributed by atoms with Gasteiger partial charge in [0.15, 0.2) is 0 Å². The normalized spacial score (nSPS) is 32.2. The summed E-state index contributed by atoms with van der Waals surface area (Å²) in [5.41, 5.74) is 5.98. The molecule has 1 aliphatic rings. The minimum atomic E-state index is 0.461. The minimum Gasteiger partial charge on any atom is -0.327 e. The second-order valence-electron chi connectivity index (χ2n) is 3.52. The highest BCUT2D eigenvalue weighted by Gasteiger charge is 2.20. The van der Waals surface area contributed by atoms with Gasteiger partial charge in [0.2, 0.25) is 0 Å². The first-order valence-electron chi connectivity index (χ1n) is 4.81. The molecule has 3 N–H and O–H groups in total. The third-order valence-electron chi connectivity index (χ3n) is 2.62. The molecule has 2 atom stereocenters. The maximum atomic E-state index is 5.98. The molecule has 0 heterocycles. The lowest BCUT2D eigenvalue weighted by Gasteiger charge is -2.28. The van der Waals surface area contributed by atoms with Crippen LogP contribution in [0.1, 0.15) is 32.6 Å². The third kappa shape index (κ3) is 2.80. The Bertz CT molecular complexity index is 104. The molecule has 11 heavy (non-hydrogen) atoms. The summed E-state index contributed by atoms with van der Waals surface area (Å²) < 4.78 is 0. The van der Waals surface area contributed by atoms with Crippen molar-refractivity contribution in [1.29, 1.82) is 0 Å². The van der Waals surface area contributed by atoms with Crippen molar-refractivity contribution in [2.75, 3.05) is 13.1 Å². The van der Waals surface area contributed by atoms with Gasteiger partial charge in [-0.15, -0.1) is 0 Å². The first kappa shape index (κ1) is 9.01. The molecule has 0 aromatic heterocycles. The first-order chi connectivity index (χ1) is 5.34. The summed E-state index contributed by atoms with van der Waals surface area (Å²) in [6.45, 7) is 4.34. The van der Waals surface area contributed by atoms with Gasteiger partial charge in [0, 0.05) is 6.04 Å². The van der Waals surface area contributed by atoms with E-state index in [1.807, 2.05) is 0 Å². The monoisotopic (exact) mass is 156 g/mol. The lowest BCUT2D eigenvalue weighted by molar-refractivity contribution is 0.298. The van der Waals surface area contributed by atoms with Crippen LogP contribution in [0.2, 0.25) is 0 Å². The zero-order valence-corrected chi connectivity index (χ0v) is 7.47. The van der Waals surface area contributed by atoms with Gasteiger partial charge in [-0.2, -0.15) is 0 Å². The lowest BCUT2D eigenvalue weighted by atomic mass is 9.85. The maximum Gasteiger partial charge on any atom is 0.00792 e. The Balaban J connectivity index is 2.18. The number of hydrogen-bond acceptors (Lipinski definition) is 2. The van der Waals surface area contributed by atoms with Gasteiger partial charge in [-0.1, -0.05) is 19.8 Å². The number of nitrogens with one attached hydrogen (secondary N) is 1. The minimum absolute atomic E-state index is 0.461. The molecule has 0 bridgehead atoms. The Kier molecular flexibility index (Phi) is 3.87. The highest BCUT2D eigenvalue weighted by atomic mass is 14.9. The van der Waals surface area contributed by atoms with Crippen LogP contribution < -0.4 is 11.1 Å². The summed E-state index contributed by atoms with van der Waals surface area (Å²) in [5.74, 6) is 0.740. The third-order valence-corrected chi connectivity index (χ3v) is 2.62. The summed E-state index contributed by atoms with van der Waals surface area (Å²) in [6.07, 6.45) is 5.28. The van der Waals surface area contributed by atoms with E-state index in [1.165, 1.54) is 25.7 Å². The van der Waals surface area contributed by atoms with E-state index < -0.39 is 0 Å². The van der Waals surface area contributed by atoms with Crippen molar-refractivity contribution in [3.63, 3.8) is 0 Å². The van der Waals surface area contributed by atoms with Gasteiger partial charge in [-0.3, -0.25) is 0 Å². The van der Waals surface area contributed by atoms with Gasteiger partial charge in [0.05, 0.1) is 0 Å². The molecule has 0 aromatic carbocycles. The summed E-state index contributed by atoms with van der Waals surface area (Å²) >= 11 is 0. The van der Waals surface area contributed by atoms with E-state index in [0.29, 0.717) is 6.04 Å². The molecular weight excluding hydrogens is 136 g/mol. The highest BCUT2D eigenvalue weighted by molar-refractivity contribution is 4.79. The van der Waals surface area contributed by atoms with E-state index in [0.717, 1.165) is 19.0 Å². The van der Waals surface area contributed by atoms with E-state index in [9.17, 15) is 0 Å². The molecule has 2 nitrogen and oxygen atoms in total. The van der Waals surface area contributed by atoms with Crippen molar-refractivity contribution < 1.29 is 0 Å². The topological polar surface area (TPSA) is 38.0 Å². The fraction of sp³-hybridized carbons (Fsp3) is 1.00. The SMILES string of the molecule is CCNCC1CCCCC1N. The van der Waals surface area contributed by atoms with E-state index in [2.05, 4.69) is 12.2 Å². The summed E-state index contributed by atoms with van der Waals surface area (Å²) in [7, 11) is 0. The summed E-state index contributed by atoms with van der Waals surface area (Å²) in [6, 6.07) is 0.461. The molecule has 2 heteroatoms. The molecule has 1 fully saturated rings. The molecule has 66 valence electrons. The van der Waals surface area contributed by atoms with Gasteiger partial charge in [0.1, 0.15) is 0 Å². The molecule has 0 aliphatic heterocycles. The zero-order chi connectivity index (χ0) is 8.10. The van der Waals surface area contributed by atoms with Crippen LogP contribution in [0.4, 0.5) is 0 Å². The van der Waals surface area contributed by atoms with Crippen LogP contribution >= 0.6 is 0 Å². The molecule has 1 rings (SSSR count). The van der Waals surface area contributed by atoms with Crippen LogP contribution in [0.25, 0.3) is 0 Å². The molecular formula is C9H20N2. The lowest BCUT2D eigenvalue weighted by Crippen LogP contribution is -2.39. The largest absolute Gasteiger partial charge is 0.327 e. The Hall–Kier alpha value is -0.0800. The zero-order valence-electron chi connectivity index (χ0n) is 7.47. The molecule has 1 saturated carbocycles. The van der Waals surface area contributed by atoms with E-state index in [-0.39, 0.29) is 0 Å². The first-order valence-corrected chi connectivity index (χ1v) is 4.81. The smallest absolute Gasteiger partial charge is 0.00792 e. The van der Waals surface area contributed by atoms with E-state index >= 15 is 0 Å². The van der Waals surface area contributed by atoms with Crippen LogP contribution in [0.5, 0.6) is 0 Å². The average Bonchev–Trinajstić information content (AvgIpc) is 2.03. The summed E-state index contributed by atoms with van der Waals surface area (Å²) in [5, 5.41) is 3.37. The van der Waals surface area contributed by atoms with Crippen LogP contribution in [0.3, 0.4) is 0 Å². The van der Waals surface area contributed by atoms with Crippen molar-refractivity contribution in [1.82, 2.24) is 5.32 Å². The van der Waals surface area contributed by atoms with Crippen molar-refractivity contribution in [3.05, 3.63) is 0 Å². The number of hydrogen-bond donors (Lipinski definition) is 2. The standard InChI is InChI=1S/C9H20N2/c1-2-11-7-8-5-3-4-6-9(8)10/h8-9,11H,2-7,10H2,1H3. The molecule has 0 spiro atoms. The number of rotatable bonds is 3.